The minimum atomic E-state index is 0.454. The molecular weight excluding hydrogens is 290 g/mol. The van der Waals surface area contributed by atoms with E-state index in [2.05, 4.69) is 32.3 Å². The Labute approximate surface area is 115 Å². The second-order valence-electron chi connectivity index (χ2n) is 3.86. The summed E-state index contributed by atoms with van der Waals surface area (Å²) in [7, 11) is 0. The molecule has 0 unspecified atom stereocenters. The van der Waals surface area contributed by atoms with Gasteiger partial charge in [0.05, 0.1) is 0 Å². The molecule has 0 amide bonds. The summed E-state index contributed by atoms with van der Waals surface area (Å²) in [6.07, 6.45) is 1.66. The smallest absolute Gasteiger partial charge is 0.140 e. The van der Waals surface area contributed by atoms with Crippen LogP contribution < -0.4 is 5.32 Å². The molecule has 2 aromatic rings. The third-order valence-electron chi connectivity index (χ3n) is 2.54. The van der Waals surface area contributed by atoms with Crippen molar-refractivity contribution in [2.75, 3.05) is 0 Å². The van der Waals surface area contributed by atoms with E-state index >= 15 is 0 Å². The van der Waals surface area contributed by atoms with E-state index < -0.39 is 0 Å². The lowest BCUT2D eigenvalue weighted by atomic mass is 10.2. The molecule has 0 spiro atoms. The Kier molecular flexibility index (Phi) is 4.46. The van der Waals surface area contributed by atoms with Gasteiger partial charge in [0, 0.05) is 23.8 Å². The molecule has 0 aliphatic rings. The molecule has 18 heavy (non-hydrogen) atoms. The minimum absolute atomic E-state index is 0.454. The minimum Gasteiger partial charge on any atom is -0.309 e. The van der Waals surface area contributed by atoms with Gasteiger partial charge < -0.3 is 5.32 Å². The normalized spacial score (nSPS) is 10.0. The molecule has 1 N–H and O–H groups in total. The maximum Gasteiger partial charge on any atom is 0.140 e. The maximum absolute atomic E-state index is 8.76. The van der Waals surface area contributed by atoms with Crippen LogP contribution in [0.25, 0.3) is 0 Å². The summed E-state index contributed by atoms with van der Waals surface area (Å²) >= 11 is 3.51. The summed E-state index contributed by atoms with van der Waals surface area (Å²) in [5, 5.41) is 12.1. The van der Waals surface area contributed by atoms with Gasteiger partial charge >= 0.3 is 0 Å². The van der Waals surface area contributed by atoms with Gasteiger partial charge in [-0.1, -0.05) is 34.1 Å². The van der Waals surface area contributed by atoms with E-state index in [0.717, 1.165) is 23.1 Å². The van der Waals surface area contributed by atoms with Gasteiger partial charge in [0.2, 0.25) is 0 Å². The van der Waals surface area contributed by atoms with Crippen LogP contribution in [0.2, 0.25) is 0 Å². The van der Waals surface area contributed by atoms with Crippen LogP contribution in [-0.2, 0) is 13.1 Å². The highest BCUT2D eigenvalue weighted by Gasteiger charge is 1.99. The molecule has 0 saturated carbocycles. The number of aromatic nitrogens is 1. The second kappa shape index (κ2) is 6.29. The summed E-state index contributed by atoms with van der Waals surface area (Å²) in [4.78, 5) is 3.94. The largest absolute Gasteiger partial charge is 0.309 e. The first kappa shape index (κ1) is 12.7. The van der Waals surface area contributed by atoms with Crippen LogP contribution in [0.4, 0.5) is 0 Å². The highest BCUT2D eigenvalue weighted by atomic mass is 79.9. The molecule has 0 radical (unpaired) electrons. The van der Waals surface area contributed by atoms with E-state index in [1.54, 1.807) is 12.3 Å². The van der Waals surface area contributed by atoms with Gasteiger partial charge in [-0.2, -0.15) is 5.26 Å². The monoisotopic (exact) mass is 301 g/mol. The van der Waals surface area contributed by atoms with Crippen LogP contribution in [0.5, 0.6) is 0 Å². The van der Waals surface area contributed by atoms with Crippen LogP contribution in [0, 0.1) is 11.3 Å². The fourth-order valence-electron chi connectivity index (χ4n) is 1.63. The average Bonchev–Trinajstić information content (AvgIpc) is 2.41. The Morgan fingerprint density at radius 2 is 2.06 bits per heavy atom. The molecule has 1 heterocycles. The number of pyridine rings is 1. The van der Waals surface area contributed by atoms with Crippen LogP contribution in [-0.4, -0.2) is 4.98 Å². The topological polar surface area (TPSA) is 48.7 Å². The fourth-order valence-corrected chi connectivity index (χ4v) is 2.05. The fraction of sp³-hybridized carbons (Fsp3) is 0.143. The van der Waals surface area contributed by atoms with E-state index in [1.165, 1.54) is 5.56 Å². The Bertz CT molecular complexity index is 575. The van der Waals surface area contributed by atoms with Crippen LogP contribution in [0.15, 0.2) is 47.1 Å². The molecule has 0 atom stereocenters. The SMILES string of the molecule is N#Cc1cc(CNCc2ccccc2Br)ccn1. The van der Waals surface area contributed by atoms with Crippen molar-refractivity contribution in [2.45, 2.75) is 13.1 Å². The zero-order valence-corrected chi connectivity index (χ0v) is 11.3. The molecule has 3 nitrogen and oxygen atoms in total. The molecule has 90 valence electrons. The van der Waals surface area contributed by atoms with Crippen LogP contribution in [0.1, 0.15) is 16.8 Å². The maximum atomic E-state index is 8.76. The van der Waals surface area contributed by atoms with Crippen molar-refractivity contribution in [1.29, 1.82) is 5.26 Å². The van der Waals surface area contributed by atoms with Crippen molar-refractivity contribution < 1.29 is 0 Å². The Morgan fingerprint density at radius 3 is 2.83 bits per heavy atom. The number of hydrogen-bond acceptors (Lipinski definition) is 3. The zero-order chi connectivity index (χ0) is 12.8. The lowest BCUT2D eigenvalue weighted by molar-refractivity contribution is 0.690. The number of rotatable bonds is 4. The Balaban J connectivity index is 1.93. The summed E-state index contributed by atoms with van der Waals surface area (Å²) < 4.78 is 1.10. The van der Waals surface area contributed by atoms with Crippen molar-refractivity contribution in [1.82, 2.24) is 10.3 Å². The van der Waals surface area contributed by atoms with Crippen LogP contribution in [0.3, 0.4) is 0 Å². The third-order valence-corrected chi connectivity index (χ3v) is 3.31. The predicted octanol–water partition coefficient (Wildman–Crippen LogP) is 3.01. The molecule has 0 aliphatic heterocycles. The van der Waals surface area contributed by atoms with E-state index in [4.69, 9.17) is 5.26 Å². The molecule has 1 aromatic heterocycles. The summed E-state index contributed by atoms with van der Waals surface area (Å²) in [6, 6.07) is 13.9. The summed E-state index contributed by atoms with van der Waals surface area (Å²) in [5.74, 6) is 0. The average molecular weight is 302 g/mol. The van der Waals surface area contributed by atoms with Crippen molar-refractivity contribution in [3.8, 4) is 6.07 Å². The van der Waals surface area contributed by atoms with Gasteiger partial charge in [-0.3, -0.25) is 0 Å². The number of halogens is 1. The highest BCUT2D eigenvalue weighted by Crippen LogP contribution is 2.15. The molecule has 2 rings (SSSR count). The van der Waals surface area contributed by atoms with Gasteiger partial charge in [-0.05, 0) is 29.3 Å². The van der Waals surface area contributed by atoms with E-state index in [1.807, 2.05) is 30.3 Å². The highest BCUT2D eigenvalue weighted by molar-refractivity contribution is 9.10. The first-order valence-corrected chi connectivity index (χ1v) is 6.38. The molecule has 4 heteroatoms. The molecule has 0 saturated heterocycles. The van der Waals surface area contributed by atoms with Crippen molar-refractivity contribution in [3.05, 3.63) is 63.9 Å². The number of hydrogen-bond donors (Lipinski definition) is 1. The number of nitriles is 1. The predicted molar refractivity (Wildman–Crippen MR) is 73.6 cm³/mol. The first-order chi connectivity index (χ1) is 8.79. The van der Waals surface area contributed by atoms with Gasteiger partial charge in [0.1, 0.15) is 11.8 Å². The van der Waals surface area contributed by atoms with E-state index in [9.17, 15) is 0 Å². The van der Waals surface area contributed by atoms with Gasteiger partial charge in [0.15, 0.2) is 0 Å². The van der Waals surface area contributed by atoms with Gasteiger partial charge in [-0.25, -0.2) is 4.98 Å². The number of nitrogens with zero attached hydrogens (tertiary/aromatic N) is 2. The zero-order valence-electron chi connectivity index (χ0n) is 9.73. The van der Waals surface area contributed by atoms with E-state index in [0.29, 0.717) is 5.69 Å². The second-order valence-corrected chi connectivity index (χ2v) is 4.71. The first-order valence-electron chi connectivity index (χ1n) is 5.59. The third kappa shape index (κ3) is 3.39. The van der Waals surface area contributed by atoms with E-state index in [-0.39, 0.29) is 0 Å². The molecule has 0 fully saturated rings. The van der Waals surface area contributed by atoms with Crippen molar-refractivity contribution >= 4 is 15.9 Å². The molecule has 0 aliphatic carbocycles. The van der Waals surface area contributed by atoms with Crippen molar-refractivity contribution in [2.24, 2.45) is 0 Å². The molecule has 0 bridgehead atoms. The Hall–Kier alpha value is -1.70. The number of nitrogens with one attached hydrogen (secondary N) is 1. The molecule has 1 aromatic carbocycles. The quantitative estimate of drug-likeness (QED) is 0.944. The lowest BCUT2D eigenvalue weighted by Gasteiger charge is -2.06. The van der Waals surface area contributed by atoms with Gasteiger partial charge in [-0.15, -0.1) is 0 Å². The van der Waals surface area contributed by atoms with Crippen molar-refractivity contribution in [3.63, 3.8) is 0 Å². The summed E-state index contributed by atoms with van der Waals surface area (Å²) in [6.45, 7) is 1.50. The van der Waals surface area contributed by atoms with Gasteiger partial charge in [0.25, 0.3) is 0 Å². The Morgan fingerprint density at radius 1 is 1.22 bits per heavy atom. The molecular formula is C14H12BrN3. The van der Waals surface area contributed by atoms with Crippen LogP contribution >= 0.6 is 15.9 Å². The standard InChI is InChI=1S/C14H12BrN3/c15-14-4-2-1-3-12(14)10-17-9-11-5-6-18-13(7-11)8-16/h1-7,17H,9-10H2. The number of benzene rings is 1. The lowest BCUT2D eigenvalue weighted by Crippen LogP contribution is -2.13. The summed E-state index contributed by atoms with van der Waals surface area (Å²) in [5.41, 5.74) is 2.73.